The highest BCUT2D eigenvalue weighted by Crippen LogP contribution is 2.47. The lowest BCUT2D eigenvalue weighted by atomic mass is 9.93. The summed E-state index contributed by atoms with van der Waals surface area (Å²) in [7, 11) is 6.12. The van der Waals surface area contributed by atoms with Crippen molar-refractivity contribution in [3.8, 4) is 23.0 Å². The molecular weight excluding hydrogens is 1340 g/mol. The minimum absolute atomic E-state index is 0.0175. The molecule has 0 aromatic heterocycles. The molecule has 4 aromatic carbocycles. The van der Waals surface area contributed by atoms with Crippen LogP contribution in [0.5, 0.6) is 23.0 Å². The molecule has 0 heterocycles. The summed E-state index contributed by atoms with van der Waals surface area (Å²) in [5.74, 6) is -7.58. The van der Waals surface area contributed by atoms with Crippen molar-refractivity contribution < 1.29 is 76.3 Å². The van der Waals surface area contributed by atoms with Gasteiger partial charge in [0.05, 0.1) is 136 Å². The van der Waals surface area contributed by atoms with Crippen LogP contribution < -0.4 is 57.4 Å². The van der Waals surface area contributed by atoms with E-state index in [9.17, 15) is 43.8 Å². The molecule has 0 radical (unpaired) electrons. The first kappa shape index (κ1) is 79.3. The van der Waals surface area contributed by atoms with Crippen LogP contribution in [0, 0.1) is 52.8 Å². The predicted molar refractivity (Wildman–Crippen MR) is 403 cm³/mol. The molecule has 8 unspecified atom stereocenters. The molecule has 105 heavy (non-hydrogen) atoms. The number of ether oxygens (including phenoxy) is 8. The van der Waals surface area contributed by atoms with E-state index in [4.69, 9.17) is 55.1 Å². The number of hydrogen-bond donors (Lipinski definition) is 8. The van der Waals surface area contributed by atoms with Gasteiger partial charge < -0.3 is 81.8 Å². The van der Waals surface area contributed by atoms with E-state index in [-0.39, 0.29) is 120 Å². The fourth-order valence-electron chi connectivity index (χ4n) is 12.1. The first-order valence-electron chi connectivity index (χ1n) is 35.4. The van der Waals surface area contributed by atoms with E-state index < -0.39 is 94.8 Å². The van der Waals surface area contributed by atoms with Gasteiger partial charge in [-0.15, -0.1) is 0 Å². The Balaban J connectivity index is 1.24. The lowest BCUT2D eigenvalue weighted by Gasteiger charge is -2.21. The van der Waals surface area contributed by atoms with Crippen LogP contribution in [0.25, 0.3) is 16.7 Å². The van der Waals surface area contributed by atoms with Gasteiger partial charge in [0.2, 0.25) is 23.6 Å². The maximum atomic E-state index is 14.3. The molecule has 24 heteroatoms. The van der Waals surface area contributed by atoms with Gasteiger partial charge in [-0.25, -0.2) is 0 Å². The summed E-state index contributed by atoms with van der Waals surface area (Å²) in [6, 6.07) is 20.3. The maximum absolute atomic E-state index is 14.3. The number of nitrogens with two attached hydrogens (primary N) is 3. The van der Waals surface area contributed by atoms with Crippen LogP contribution in [-0.2, 0) is 63.7 Å². The van der Waals surface area contributed by atoms with Gasteiger partial charge in [0.25, 0.3) is 0 Å². The minimum atomic E-state index is -0.734. The van der Waals surface area contributed by atoms with Crippen molar-refractivity contribution in [1.82, 2.24) is 0 Å². The van der Waals surface area contributed by atoms with E-state index in [2.05, 4.69) is 27.8 Å². The molecule has 0 bridgehead atoms. The lowest BCUT2D eigenvalue weighted by Crippen LogP contribution is -2.22. The van der Waals surface area contributed by atoms with Crippen LogP contribution in [0.4, 0.5) is 22.7 Å². The molecular formula is C81H96N8O16. The number of carbonyl (C=O) groups is 8. The SMILES string of the molecule is C=C/C=C\C(N)=C(\C(=N)\C=C/C=C(/C=C/C=C(N)/C(=C(N)/C=C\CCc1c(OC)cccc1OC)c1c(NC(=O)C2CC2C(=O)OCCC)cccc1NC(=O)C1CC1C(=O)OCCC)c1c(OC)cccc1OC)c1c(NC(=O)C2CC2C(=O)OCCC)cccc1NC(=O)C1CC1C(=O)OCCC. The average Bonchev–Trinajstić information content (AvgIpc) is 1.62. The molecule has 0 aliphatic heterocycles. The predicted octanol–water partition coefficient (Wildman–Crippen LogP) is 11.9. The highest BCUT2D eigenvalue weighted by atomic mass is 16.5. The van der Waals surface area contributed by atoms with Crippen molar-refractivity contribution in [2.24, 2.45) is 64.5 Å². The highest BCUT2D eigenvalue weighted by molar-refractivity contribution is 6.31. The van der Waals surface area contributed by atoms with Crippen molar-refractivity contribution in [2.45, 2.75) is 91.9 Å². The Morgan fingerprint density at radius 3 is 1.17 bits per heavy atom. The molecule has 4 fully saturated rings. The summed E-state index contributed by atoms with van der Waals surface area (Å²) in [6.45, 7) is 12.1. The summed E-state index contributed by atoms with van der Waals surface area (Å²) in [4.78, 5) is 109. The standard InChI is InChI=1S/C81H96N8O16/c1-10-15-27-57(82)70(72-61(86-74(90)49-43-53(49)78(94)102-39-11-2)31-20-32-62(72)87-75(91)50-44-54(50)79(95)103-40-12-3)59(84)29-18-24-47(69-67(100-8)37-23-38-68(69)101-9)25-19-30-60(85)71(58(83)28-17-16-26-48-65(98-6)35-22-36-66(48)99-7)73-63(88-76(92)51-45-55(51)80(96)104-41-13-4)33-21-34-64(73)89-77(93)52-46-56(52)81(97)105-42-14-5/h10,15,17-25,27-38,49-56,84H,1,11-14,16,26,39-46,82-83,85H2,2-9H3,(H,86,90)(H,87,91)(H,88,92)(H,89,93)/b25-19+,27-15-,28-17-,29-18-,47-24-,60-30-,70-57+,71-58+,84-59?. The summed E-state index contributed by atoms with van der Waals surface area (Å²) in [5, 5.41) is 21.8. The maximum Gasteiger partial charge on any atom is 0.309 e. The van der Waals surface area contributed by atoms with Gasteiger partial charge in [-0.05, 0) is 143 Å². The fourth-order valence-corrected chi connectivity index (χ4v) is 12.1. The number of amides is 4. The quantitative estimate of drug-likeness (QED) is 0.00890. The third kappa shape index (κ3) is 20.7. The molecule has 24 nitrogen and oxygen atoms in total. The van der Waals surface area contributed by atoms with Gasteiger partial charge in [-0.1, -0.05) is 101 Å². The molecule has 4 aliphatic rings. The van der Waals surface area contributed by atoms with E-state index in [0.29, 0.717) is 72.7 Å². The van der Waals surface area contributed by atoms with Crippen LogP contribution in [0.15, 0.2) is 163 Å². The number of rotatable bonds is 39. The van der Waals surface area contributed by atoms with Gasteiger partial charge >= 0.3 is 23.9 Å². The van der Waals surface area contributed by atoms with Crippen molar-refractivity contribution in [1.29, 1.82) is 5.41 Å². The number of hydrogen-bond acceptors (Lipinski definition) is 20. The number of allylic oxidation sites excluding steroid dienone is 14. The largest absolute Gasteiger partial charge is 0.496 e. The number of esters is 4. The second-order valence-corrected chi connectivity index (χ2v) is 25.6. The fraction of sp³-hybridized carbons (Fsp3) is 0.370. The number of carbonyl (C=O) groups excluding carboxylic acids is 8. The van der Waals surface area contributed by atoms with Crippen LogP contribution in [0.1, 0.15) is 108 Å². The Morgan fingerprint density at radius 2 is 0.800 bits per heavy atom. The Hall–Kier alpha value is -11.4. The summed E-state index contributed by atoms with van der Waals surface area (Å²) in [5.41, 5.74) is 24.3. The normalized spacial score (nSPS) is 19.8. The number of methoxy groups -OCH3 is 4. The Labute approximate surface area is 612 Å². The van der Waals surface area contributed by atoms with E-state index in [1.807, 2.05) is 52.0 Å². The van der Waals surface area contributed by atoms with E-state index in [0.717, 1.165) is 5.56 Å². The summed E-state index contributed by atoms with van der Waals surface area (Å²) >= 11 is 0. The van der Waals surface area contributed by atoms with E-state index >= 15 is 0 Å². The minimum Gasteiger partial charge on any atom is -0.496 e. The first-order chi connectivity index (χ1) is 50.7. The Morgan fingerprint density at radius 1 is 0.448 bits per heavy atom. The smallest absolute Gasteiger partial charge is 0.309 e. The molecule has 8 atom stereocenters. The number of anilines is 4. The Bertz CT molecular complexity index is 4020. The van der Waals surface area contributed by atoms with Crippen LogP contribution in [0.2, 0.25) is 0 Å². The molecule has 11 N–H and O–H groups in total. The summed E-state index contributed by atoms with van der Waals surface area (Å²) < 4.78 is 44.8. The third-order valence-corrected chi connectivity index (χ3v) is 17.9. The summed E-state index contributed by atoms with van der Waals surface area (Å²) in [6.07, 6.45) is 21.9. The first-order valence-corrected chi connectivity index (χ1v) is 35.4. The second-order valence-electron chi connectivity index (χ2n) is 25.6. The van der Waals surface area contributed by atoms with Crippen molar-refractivity contribution >= 4 is 92.7 Å². The molecule has 0 spiro atoms. The van der Waals surface area contributed by atoms with Crippen molar-refractivity contribution in [3.63, 3.8) is 0 Å². The number of nitrogens with one attached hydrogen (secondary N) is 5. The van der Waals surface area contributed by atoms with Crippen molar-refractivity contribution in [2.75, 3.05) is 76.1 Å². The number of benzene rings is 4. The molecule has 4 aromatic rings. The molecule has 4 aliphatic carbocycles. The molecule has 4 saturated carbocycles. The van der Waals surface area contributed by atoms with E-state index in [1.54, 1.807) is 111 Å². The van der Waals surface area contributed by atoms with Crippen LogP contribution in [0.3, 0.4) is 0 Å². The van der Waals surface area contributed by atoms with Gasteiger partial charge in [0, 0.05) is 44.9 Å². The van der Waals surface area contributed by atoms with Gasteiger partial charge in [-0.2, -0.15) is 0 Å². The second kappa shape index (κ2) is 38.2. The molecule has 8 rings (SSSR count). The van der Waals surface area contributed by atoms with Gasteiger partial charge in [0.15, 0.2) is 0 Å². The topological polar surface area (TPSA) is 360 Å². The van der Waals surface area contributed by atoms with E-state index in [1.165, 1.54) is 32.4 Å². The van der Waals surface area contributed by atoms with Gasteiger partial charge in [0.1, 0.15) is 23.0 Å². The molecule has 556 valence electrons. The van der Waals surface area contributed by atoms with Crippen LogP contribution in [-0.4, -0.2) is 108 Å². The average molecular weight is 1440 g/mol. The zero-order chi connectivity index (χ0) is 75.9. The highest BCUT2D eigenvalue weighted by Gasteiger charge is 2.52. The Kier molecular flexibility index (Phi) is 28.8. The van der Waals surface area contributed by atoms with Crippen LogP contribution >= 0.6 is 0 Å². The zero-order valence-corrected chi connectivity index (χ0v) is 60.8. The molecule has 4 amide bonds. The van der Waals surface area contributed by atoms with Crippen molar-refractivity contribution in [3.05, 3.63) is 186 Å². The zero-order valence-electron chi connectivity index (χ0n) is 60.8. The molecule has 0 saturated heterocycles. The lowest BCUT2D eigenvalue weighted by molar-refractivity contribution is -0.146. The third-order valence-electron chi connectivity index (χ3n) is 17.9. The monoisotopic (exact) mass is 1440 g/mol. The van der Waals surface area contributed by atoms with Gasteiger partial charge in [-0.3, -0.25) is 38.4 Å².